The standard InChI is InChI=1S/C9H20N2O/c1-3-8-9(12)7(6-10)4-5-11(8)2/h7-9,12H,3-6,10H2,1-2H3. The molecule has 0 aromatic carbocycles. The maximum Gasteiger partial charge on any atom is 0.0735 e. The average molecular weight is 172 g/mol. The fourth-order valence-electron chi connectivity index (χ4n) is 2.09. The number of hydrogen-bond donors (Lipinski definition) is 2. The van der Waals surface area contributed by atoms with Crippen LogP contribution < -0.4 is 5.73 Å². The second-order valence-electron chi connectivity index (χ2n) is 3.73. The van der Waals surface area contributed by atoms with Gasteiger partial charge in [0.05, 0.1) is 6.10 Å². The van der Waals surface area contributed by atoms with Crippen LogP contribution in [0.15, 0.2) is 0 Å². The van der Waals surface area contributed by atoms with Crippen molar-refractivity contribution in [3.63, 3.8) is 0 Å². The molecule has 0 aliphatic carbocycles. The van der Waals surface area contributed by atoms with E-state index in [2.05, 4.69) is 18.9 Å². The maximum absolute atomic E-state index is 9.88. The molecule has 1 aliphatic rings. The van der Waals surface area contributed by atoms with Crippen molar-refractivity contribution >= 4 is 0 Å². The Labute approximate surface area is 74.5 Å². The first-order valence-corrected chi connectivity index (χ1v) is 4.79. The molecular weight excluding hydrogens is 152 g/mol. The molecule has 1 aliphatic heterocycles. The number of nitrogens with two attached hydrogens (primary N) is 1. The Morgan fingerprint density at radius 1 is 1.58 bits per heavy atom. The first kappa shape index (κ1) is 9.96. The molecule has 3 heteroatoms. The van der Waals surface area contributed by atoms with Crippen LogP contribution in [0, 0.1) is 5.92 Å². The summed E-state index contributed by atoms with van der Waals surface area (Å²) in [4.78, 5) is 2.23. The van der Waals surface area contributed by atoms with E-state index in [0.717, 1.165) is 19.4 Å². The van der Waals surface area contributed by atoms with Gasteiger partial charge < -0.3 is 15.7 Å². The second kappa shape index (κ2) is 4.21. The third-order valence-electron chi connectivity index (χ3n) is 3.02. The molecule has 0 spiro atoms. The first-order chi connectivity index (χ1) is 5.70. The Balaban J connectivity index is 2.56. The zero-order chi connectivity index (χ0) is 9.14. The molecule has 0 amide bonds. The number of hydrogen-bond acceptors (Lipinski definition) is 3. The molecule has 3 N–H and O–H groups in total. The van der Waals surface area contributed by atoms with Crippen LogP contribution in [0.1, 0.15) is 19.8 Å². The van der Waals surface area contributed by atoms with Crippen molar-refractivity contribution in [1.82, 2.24) is 4.90 Å². The molecule has 3 unspecified atom stereocenters. The highest BCUT2D eigenvalue weighted by Gasteiger charge is 2.32. The molecule has 0 aromatic heterocycles. The predicted molar refractivity (Wildman–Crippen MR) is 49.9 cm³/mol. The summed E-state index contributed by atoms with van der Waals surface area (Å²) in [5, 5.41) is 9.88. The molecule has 12 heavy (non-hydrogen) atoms. The van der Waals surface area contributed by atoms with Gasteiger partial charge in [-0.15, -0.1) is 0 Å². The lowest BCUT2D eigenvalue weighted by molar-refractivity contribution is -0.0171. The van der Waals surface area contributed by atoms with Gasteiger partial charge in [0.15, 0.2) is 0 Å². The van der Waals surface area contributed by atoms with Crippen molar-refractivity contribution in [2.24, 2.45) is 11.7 Å². The minimum Gasteiger partial charge on any atom is -0.391 e. The van der Waals surface area contributed by atoms with Gasteiger partial charge in [-0.05, 0) is 38.9 Å². The van der Waals surface area contributed by atoms with Gasteiger partial charge in [-0.25, -0.2) is 0 Å². The zero-order valence-corrected chi connectivity index (χ0v) is 8.03. The number of piperidine rings is 1. The van der Waals surface area contributed by atoms with Crippen LogP contribution in [0.5, 0.6) is 0 Å². The van der Waals surface area contributed by atoms with E-state index in [4.69, 9.17) is 5.73 Å². The van der Waals surface area contributed by atoms with Crippen LogP contribution in [-0.4, -0.2) is 42.3 Å². The summed E-state index contributed by atoms with van der Waals surface area (Å²) in [7, 11) is 2.07. The smallest absolute Gasteiger partial charge is 0.0735 e. The SMILES string of the molecule is CCC1C(O)C(CN)CCN1C. The van der Waals surface area contributed by atoms with Gasteiger partial charge >= 0.3 is 0 Å². The van der Waals surface area contributed by atoms with Crippen molar-refractivity contribution < 1.29 is 5.11 Å². The van der Waals surface area contributed by atoms with Crippen molar-refractivity contribution in [2.45, 2.75) is 31.9 Å². The first-order valence-electron chi connectivity index (χ1n) is 4.79. The van der Waals surface area contributed by atoms with Gasteiger partial charge in [-0.1, -0.05) is 6.92 Å². The number of likely N-dealkylation sites (N-methyl/N-ethyl adjacent to an activating group) is 1. The molecule has 1 heterocycles. The number of likely N-dealkylation sites (tertiary alicyclic amines) is 1. The monoisotopic (exact) mass is 172 g/mol. The van der Waals surface area contributed by atoms with Crippen LogP contribution in [0.3, 0.4) is 0 Å². The van der Waals surface area contributed by atoms with E-state index < -0.39 is 0 Å². The molecule has 1 fully saturated rings. The minimum atomic E-state index is -0.223. The van der Waals surface area contributed by atoms with Crippen molar-refractivity contribution in [2.75, 3.05) is 20.1 Å². The van der Waals surface area contributed by atoms with Crippen molar-refractivity contribution in [3.8, 4) is 0 Å². The Bertz CT molecular complexity index is 140. The summed E-state index contributed by atoms with van der Waals surface area (Å²) in [6.45, 7) is 3.80. The van der Waals surface area contributed by atoms with E-state index in [-0.39, 0.29) is 6.10 Å². The van der Waals surface area contributed by atoms with Gasteiger partial charge in [0.25, 0.3) is 0 Å². The van der Waals surface area contributed by atoms with E-state index in [1.165, 1.54) is 0 Å². The third-order valence-corrected chi connectivity index (χ3v) is 3.02. The summed E-state index contributed by atoms with van der Waals surface area (Å²) >= 11 is 0. The number of nitrogens with zero attached hydrogens (tertiary/aromatic N) is 1. The quantitative estimate of drug-likeness (QED) is 0.618. The topological polar surface area (TPSA) is 49.5 Å². The molecule has 3 nitrogen and oxygen atoms in total. The van der Waals surface area contributed by atoms with E-state index in [1.807, 2.05) is 0 Å². The number of aliphatic hydroxyl groups excluding tert-OH is 1. The molecule has 0 radical (unpaired) electrons. The van der Waals surface area contributed by atoms with Crippen LogP contribution >= 0.6 is 0 Å². The Hall–Kier alpha value is -0.120. The molecular formula is C9H20N2O. The largest absolute Gasteiger partial charge is 0.391 e. The summed E-state index contributed by atoms with van der Waals surface area (Å²) in [6.07, 6.45) is 1.82. The molecule has 0 saturated carbocycles. The highest BCUT2D eigenvalue weighted by Crippen LogP contribution is 2.23. The second-order valence-corrected chi connectivity index (χ2v) is 3.73. The highest BCUT2D eigenvalue weighted by atomic mass is 16.3. The number of rotatable bonds is 2. The lowest BCUT2D eigenvalue weighted by Crippen LogP contribution is -2.52. The Kier molecular flexibility index (Phi) is 3.50. The lowest BCUT2D eigenvalue weighted by Gasteiger charge is -2.40. The molecule has 1 saturated heterocycles. The molecule has 1 rings (SSSR count). The third kappa shape index (κ3) is 1.79. The fraction of sp³-hybridized carbons (Fsp3) is 1.00. The van der Waals surface area contributed by atoms with Gasteiger partial charge in [0.2, 0.25) is 0 Å². The summed E-state index contributed by atoms with van der Waals surface area (Å²) < 4.78 is 0. The molecule has 3 atom stereocenters. The van der Waals surface area contributed by atoms with Gasteiger partial charge in [-0.3, -0.25) is 0 Å². The predicted octanol–water partition coefficient (Wildman–Crippen LogP) is 0.0363. The zero-order valence-electron chi connectivity index (χ0n) is 8.03. The molecule has 0 bridgehead atoms. The van der Waals surface area contributed by atoms with Gasteiger partial charge in [0, 0.05) is 6.04 Å². The van der Waals surface area contributed by atoms with Crippen LogP contribution in [0.25, 0.3) is 0 Å². The lowest BCUT2D eigenvalue weighted by atomic mass is 9.87. The van der Waals surface area contributed by atoms with Crippen LogP contribution in [0.4, 0.5) is 0 Å². The van der Waals surface area contributed by atoms with E-state index in [1.54, 1.807) is 0 Å². The normalized spacial score (nSPS) is 38.5. The highest BCUT2D eigenvalue weighted by molar-refractivity contribution is 4.87. The summed E-state index contributed by atoms with van der Waals surface area (Å²) in [5.41, 5.74) is 5.58. The minimum absolute atomic E-state index is 0.223. The van der Waals surface area contributed by atoms with E-state index in [0.29, 0.717) is 18.5 Å². The van der Waals surface area contributed by atoms with Gasteiger partial charge in [-0.2, -0.15) is 0 Å². The van der Waals surface area contributed by atoms with Crippen molar-refractivity contribution in [1.29, 1.82) is 0 Å². The van der Waals surface area contributed by atoms with Crippen molar-refractivity contribution in [3.05, 3.63) is 0 Å². The number of aliphatic hydroxyl groups is 1. The Morgan fingerprint density at radius 3 is 2.75 bits per heavy atom. The van der Waals surface area contributed by atoms with Crippen LogP contribution in [-0.2, 0) is 0 Å². The van der Waals surface area contributed by atoms with Gasteiger partial charge in [0.1, 0.15) is 0 Å². The van der Waals surface area contributed by atoms with E-state index in [9.17, 15) is 5.11 Å². The molecule has 0 aromatic rings. The van der Waals surface area contributed by atoms with Crippen LogP contribution in [0.2, 0.25) is 0 Å². The fourth-order valence-corrected chi connectivity index (χ4v) is 2.09. The molecule has 72 valence electrons. The maximum atomic E-state index is 9.88. The Morgan fingerprint density at radius 2 is 2.25 bits per heavy atom. The average Bonchev–Trinajstić information content (AvgIpc) is 2.06. The summed E-state index contributed by atoms with van der Waals surface area (Å²) in [6, 6.07) is 0.312. The van der Waals surface area contributed by atoms with E-state index >= 15 is 0 Å². The summed E-state index contributed by atoms with van der Waals surface area (Å²) in [5.74, 6) is 0.311.